The van der Waals surface area contributed by atoms with Crippen LogP contribution >= 0.6 is 0 Å². The number of carbonyl (C=O) groups is 1. The van der Waals surface area contributed by atoms with Crippen LogP contribution in [0.15, 0.2) is 48.9 Å². The van der Waals surface area contributed by atoms with Crippen molar-refractivity contribution in [1.82, 2.24) is 34.7 Å². The van der Waals surface area contributed by atoms with Gasteiger partial charge in [0.05, 0.1) is 22.8 Å². The third-order valence-electron chi connectivity index (χ3n) is 6.77. The van der Waals surface area contributed by atoms with Gasteiger partial charge < -0.3 is 20.3 Å². The smallest absolute Gasteiger partial charge is 0.407 e. The lowest BCUT2D eigenvalue weighted by Gasteiger charge is -2.46. The van der Waals surface area contributed by atoms with Crippen LogP contribution in [0.2, 0.25) is 0 Å². The van der Waals surface area contributed by atoms with Crippen LogP contribution in [0, 0.1) is 12.3 Å². The number of amides is 1. The summed E-state index contributed by atoms with van der Waals surface area (Å²) >= 11 is 0. The normalized spacial score (nSPS) is 16.8. The average molecular weight is 501 g/mol. The zero-order valence-electron chi connectivity index (χ0n) is 21.6. The summed E-state index contributed by atoms with van der Waals surface area (Å²) in [6.45, 7) is 10.8. The number of H-pyrrole nitrogens is 1. The maximum Gasteiger partial charge on any atom is 0.407 e. The van der Waals surface area contributed by atoms with Gasteiger partial charge in [-0.15, -0.1) is 0 Å². The Bertz CT molecular complexity index is 1430. The molecule has 1 amide bonds. The molecular weight excluding hydrogens is 468 g/mol. The Kier molecular flexibility index (Phi) is 6.51. The quantitative estimate of drug-likeness (QED) is 0.361. The number of anilines is 2. The number of carboxylic acid groups (broad SMARTS) is 1. The van der Waals surface area contributed by atoms with E-state index in [4.69, 9.17) is 0 Å². The molecular formula is C27H32N8O2. The monoisotopic (exact) mass is 500 g/mol. The van der Waals surface area contributed by atoms with Crippen molar-refractivity contribution < 1.29 is 9.90 Å². The molecule has 10 heteroatoms. The topological polar surface area (TPSA) is 123 Å². The first-order valence-corrected chi connectivity index (χ1v) is 12.4. The minimum absolute atomic E-state index is 0.0649. The van der Waals surface area contributed by atoms with E-state index >= 15 is 0 Å². The molecule has 1 atom stereocenters. The van der Waals surface area contributed by atoms with Gasteiger partial charge in [-0.2, -0.15) is 0 Å². The highest BCUT2D eigenvalue weighted by atomic mass is 16.4. The second-order valence-corrected chi connectivity index (χ2v) is 10.6. The number of nitrogens with zero attached hydrogens (tertiary/aromatic N) is 6. The average Bonchev–Trinajstić information content (AvgIpc) is 3.25. The van der Waals surface area contributed by atoms with Gasteiger partial charge in [0.2, 0.25) is 5.95 Å². The number of imidazole rings is 1. The van der Waals surface area contributed by atoms with E-state index in [1.54, 1.807) is 17.4 Å². The lowest BCUT2D eigenvalue weighted by atomic mass is 9.84. The van der Waals surface area contributed by atoms with Gasteiger partial charge in [-0.1, -0.05) is 26.8 Å². The summed E-state index contributed by atoms with van der Waals surface area (Å²) in [6.07, 6.45) is 2.51. The third kappa shape index (κ3) is 5.54. The molecule has 3 N–H and O–H groups in total. The number of pyridine rings is 1. The van der Waals surface area contributed by atoms with Gasteiger partial charge in [0.25, 0.3) is 0 Å². The standard InChI is InChI=1S/C27H32N8O2/c1-17-11-21(30-16-29-17)19-5-6-20-22(13-19)32-25(31-20)33-24-12-18(7-8-28-24)14-34-9-10-35(26(36)37)23(15-34)27(2,3)4/h5-8,11-13,16,23H,9-10,14-15H2,1-4H3,(H,36,37)(H2,28,31,32,33). The van der Waals surface area contributed by atoms with Crippen molar-refractivity contribution >= 4 is 28.9 Å². The minimum Gasteiger partial charge on any atom is -0.465 e. The van der Waals surface area contributed by atoms with Crippen molar-refractivity contribution in [2.24, 2.45) is 5.41 Å². The van der Waals surface area contributed by atoms with Gasteiger partial charge in [-0.25, -0.2) is 24.7 Å². The lowest BCUT2D eigenvalue weighted by molar-refractivity contribution is 0.0190. The number of fused-ring (bicyclic) bond motifs is 1. The molecule has 0 bridgehead atoms. The molecule has 0 spiro atoms. The lowest BCUT2D eigenvalue weighted by Crippen LogP contribution is -2.59. The molecule has 1 aromatic carbocycles. The van der Waals surface area contributed by atoms with Gasteiger partial charge in [-0.05, 0) is 48.2 Å². The fourth-order valence-electron chi connectivity index (χ4n) is 4.81. The molecule has 5 rings (SSSR count). The van der Waals surface area contributed by atoms with Gasteiger partial charge in [0, 0.05) is 43.6 Å². The van der Waals surface area contributed by atoms with Crippen molar-refractivity contribution in [3.63, 3.8) is 0 Å². The molecule has 0 radical (unpaired) electrons. The van der Waals surface area contributed by atoms with Crippen LogP contribution in [-0.4, -0.2) is 71.6 Å². The number of hydrogen-bond acceptors (Lipinski definition) is 7. The van der Waals surface area contributed by atoms with E-state index < -0.39 is 6.09 Å². The number of rotatable bonds is 5. The fourth-order valence-corrected chi connectivity index (χ4v) is 4.81. The number of aryl methyl sites for hydroxylation is 1. The number of hydrogen-bond donors (Lipinski definition) is 3. The molecule has 0 aliphatic carbocycles. The molecule has 1 unspecified atom stereocenters. The number of aromatic nitrogens is 5. The van der Waals surface area contributed by atoms with Crippen LogP contribution in [0.3, 0.4) is 0 Å². The predicted octanol–water partition coefficient (Wildman–Crippen LogP) is 4.68. The minimum atomic E-state index is -0.847. The van der Waals surface area contributed by atoms with E-state index in [0.29, 0.717) is 31.4 Å². The summed E-state index contributed by atoms with van der Waals surface area (Å²) in [6, 6.07) is 11.9. The van der Waals surface area contributed by atoms with E-state index in [1.807, 2.05) is 43.3 Å². The maximum atomic E-state index is 11.7. The number of nitrogens with one attached hydrogen (secondary N) is 2. The zero-order chi connectivity index (χ0) is 26.2. The third-order valence-corrected chi connectivity index (χ3v) is 6.77. The number of benzene rings is 1. The Morgan fingerprint density at radius 1 is 1.14 bits per heavy atom. The van der Waals surface area contributed by atoms with Crippen LogP contribution in [0.5, 0.6) is 0 Å². The Labute approximate surface area is 215 Å². The van der Waals surface area contributed by atoms with Crippen molar-refractivity contribution in [2.75, 3.05) is 25.0 Å². The molecule has 1 fully saturated rings. The summed E-state index contributed by atoms with van der Waals surface area (Å²) in [5, 5.41) is 12.9. The summed E-state index contributed by atoms with van der Waals surface area (Å²) in [5.74, 6) is 1.30. The fraction of sp³-hybridized carbons (Fsp3) is 0.370. The largest absolute Gasteiger partial charge is 0.465 e. The summed E-state index contributed by atoms with van der Waals surface area (Å²) in [7, 11) is 0. The highest BCUT2D eigenvalue weighted by Crippen LogP contribution is 2.29. The Hall–Kier alpha value is -4.05. The van der Waals surface area contributed by atoms with Crippen molar-refractivity contribution in [3.8, 4) is 11.3 Å². The first-order chi connectivity index (χ1) is 17.7. The molecule has 37 heavy (non-hydrogen) atoms. The summed E-state index contributed by atoms with van der Waals surface area (Å²) < 4.78 is 0. The summed E-state index contributed by atoms with van der Waals surface area (Å²) in [4.78, 5) is 36.6. The van der Waals surface area contributed by atoms with E-state index in [9.17, 15) is 9.90 Å². The Morgan fingerprint density at radius 2 is 1.97 bits per heavy atom. The number of aromatic amines is 1. The SMILES string of the molecule is Cc1cc(-c2ccc3nc(Nc4cc(CN5CCN(C(=O)O)C(C(C)(C)C)C5)ccn4)[nH]c3c2)ncn1. The molecule has 3 aromatic heterocycles. The van der Waals surface area contributed by atoms with Gasteiger partial charge in [0.1, 0.15) is 12.1 Å². The van der Waals surface area contributed by atoms with E-state index in [-0.39, 0.29) is 11.5 Å². The highest BCUT2D eigenvalue weighted by molar-refractivity contribution is 5.83. The second-order valence-electron chi connectivity index (χ2n) is 10.6. The molecule has 192 valence electrons. The molecule has 4 heterocycles. The molecule has 4 aromatic rings. The van der Waals surface area contributed by atoms with E-state index in [1.165, 1.54) is 0 Å². The molecule has 1 saturated heterocycles. The van der Waals surface area contributed by atoms with Crippen LogP contribution in [0.25, 0.3) is 22.3 Å². The maximum absolute atomic E-state index is 11.7. The molecule has 1 aliphatic rings. The van der Waals surface area contributed by atoms with Crippen molar-refractivity contribution in [2.45, 2.75) is 40.3 Å². The van der Waals surface area contributed by atoms with Crippen LogP contribution < -0.4 is 5.32 Å². The first kappa shape index (κ1) is 24.6. The second kappa shape index (κ2) is 9.78. The van der Waals surface area contributed by atoms with Crippen LogP contribution in [0.4, 0.5) is 16.6 Å². The van der Waals surface area contributed by atoms with E-state index in [0.717, 1.165) is 40.1 Å². The van der Waals surface area contributed by atoms with Gasteiger partial charge in [0.15, 0.2) is 0 Å². The predicted molar refractivity (Wildman–Crippen MR) is 143 cm³/mol. The Balaban J connectivity index is 1.29. The van der Waals surface area contributed by atoms with Crippen LogP contribution in [-0.2, 0) is 6.54 Å². The molecule has 1 aliphatic heterocycles. The molecule has 0 saturated carbocycles. The van der Waals surface area contributed by atoms with Gasteiger partial charge in [-0.3, -0.25) is 4.90 Å². The van der Waals surface area contributed by atoms with E-state index in [2.05, 4.69) is 55.9 Å². The Morgan fingerprint density at radius 3 is 2.73 bits per heavy atom. The first-order valence-electron chi connectivity index (χ1n) is 12.4. The zero-order valence-corrected chi connectivity index (χ0v) is 21.6. The summed E-state index contributed by atoms with van der Waals surface area (Å²) in [5.41, 5.74) is 5.48. The molecule has 10 nitrogen and oxygen atoms in total. The van der Waals surface area contributed by atoms with Crippen molar-refractivity contribution in [3.05, 3.63) is 60.2 Å². The highest BCUT2D eigenvalue weighted by Gasteiger charge is 2.37. The number of piperazine rings is 1. The van der Waals surface area contributed by atoms with Gasteiger partial charge >= 0.3 is 6.09 Å². The van der Waals surface area contributed by atoms with Crippen molar-refractivity contribution in [1.29, 1.82) is 0 Å². The van der Waals surface area contributed by atoms with Crippen LogP contribution in [0.1, 0.15) is 32.0 Å².